The lowest BCUT2D eigenvalue weighted by atomic mass is 10.0. The molecule has 24 heavy (non-hydrogen) atoms. The van der Waals surface area contributed by atoms with E-state index in [-0.39, 0.29) is 17.9 Å². The zero-order chi connectivity index (χ0) is 18.2. The first-order valence-electron chi connectivity index (χ1n) is 8.21. The Morgan fingerprint density at radius 2 is 1.42 bits per heavy atom. The van der Waals surface area contributed by atoms with Crippen LogP contribution in [0.4, 0.5) is 0 Å². The van der Waals surface area contributed by atoms with E-state index >= 15 is 0 Å². The topological polar surface area (TPSA) is 104 Å². The first-order valence-corrected chi connectivity index (χ1v) is 9.62. The number of aryl methyl sites for hydroxylation is 1. The predicted molar refractivity (Wildman–Crippen MR) is 91.1 cm³/mol. The smallest absolute Gasteiger partial charge is 0.296 e. The molecule has 1 aromatic rings. The summed E-state index contributed by atoms with van der Waals surface area (Å²) < 4.78 is 28.9. The minimum Gasteiger partial charge on any atom is -0.393 e. The van der Waals surface area contributed by atoms with E-state index in [9.17, 15) is 18.6 Å². The Morgan fingerprint density at radius 1 is 0.917 bits per heavy atom. The second-order valence-corrected chi connectivity index (χ2v) is 7.80. The van der Waals surface area contributed by atoms with Crippen LogP contribution in [0.1, 0.15) is 44.6 Å². The molecule has 3 N–H and O–H groups in total. The summed E-state index contributed by atoms with van der Waals surface area (Å²) in [4.78, 5) is 0.0936. The molecule has 7 heteroatoms. The van der Waals surface area contributed by atoms with Crippen molar-refractivity contribution in [1.82, 2.24) is 0 Å². The van der Waals surface area contributed by atoms with E-state index in [0.717, 1.165) is 5.56 Å². The largest absolute Gasteiger partial charge is 0.393 e. The third-order valence-corrected chi connectivity index (χ3v) is 5.08. The van der Waals surface area contributed by atoms with Gasteiger partial charge in [0.25, 0.3) is 10.1 Å². The van der Waals surface area contributed by atoms with Crippen molar-refractivity contribution < 1.29 is 27.9 Å². The van der Waals surface area contributed by atoms with E-state index in [1.54, 1.807) is 19.1 Å². The van der Waals surface area contributed by atoms with Crippen LogP contribution in [0, 0.1) is 6.92 Å². The summed E-state index contributed by atoms with van der Waals surface area (Å²) in [5.74, 6) is 0. The molecule has 0 aliphatic heterocycles. The molecule has 1 rings (SSSR count). The molecule has 0 spiro atoms. The molecule has 0 saturated carbocycles. The van der Waals surface area contributed by atoms with E-state index in [1.165, 1.54) is 12.1 Å². The van der Waals surface area contributed by atoms with Crippen molar-refractivity contribution in [2.45, 2.75) is 69.2 Å². The summed E-state index contributed by atoms with van der Waals surface area (Å²) in [6, 6.07) is 6.36. The van der Waals surface area contributed by atoms with Crippen LogP contribution in [0.2, 0.25) is 0 Å². The van der Waals surface area contributed by atoms with Crippen molar-refractivity contribution in [1.29, 1.82) is 0 Å². The van der Waals surface area contributed by atoms with Gasteiger partial charge in [-0.1, -0.05) is 17.7 Å². The molecule has 6 nitrogen and oxygen atoms in total. The van der Waals surface area contributed by atoms with Gasteiger partial charge >= 0.3 is 0 Å². The highest BCUT2D eigenvalue weighted by Crippen LogP contribution is 2.15. The lowest BCUT2D eigenvalue weighted by Crippen LogP contribution is -2.17. The number of rotatable bonds is 11. The first kappa shape index (κ1) is 21.1. The standard InChI is InChI=1S/C17H28O6S/c1-13-3-9-17(10-4-13)24(21,22)23-12-11-16(20)8-7-15(19)6-5-14(2)18/h3-4,9-10,14-16,18-20H,5-8,11-12H2,1-2H3. The van der Waals surface area contributed by atoms with Crippen LogP contribution >= 0.6 is 0 Å². The van der Waals surface area contributed by atoms with Gasteiger partial charge in [-0.15, -0.1) is 0 Å². The maximum absolute atomic E-state index is 12.0. The predicted octanol–water partition coefficient (Wildman–Crippen LogP) is 1.75. The minimum absolute atomic E-state index is 0.0936. The average Bonchev–Trinajstić information content (AvgIpc) is 2.51. The summed E-state index contributed by atoms with van der Waals surface area (Å²) in [5.41, 5.74) is 0.957. The van der Waals surface area contributed by atoms with Gasteiger partial charge in [-0.3, -0.25) is 4.18 Å². The van der Waals surface area contributed by atoms with Crippen LogP contribution in [0.25, 0.3) is 0 Å². The lowest BCUT2D eigenvalue weighted by Gasteiger charge is -2.15. The van der Waals surface area contributed by atoms with Gasteiger partial charge < -0.3 is 15.3 Å². The first-order chi connectivity index (χ1) is 11.2. The maximum Gasteiger partial charge on any atom is 0.296 e. The zero-order valence-electron chi connectivity index (χ0n) is 14.3. The lowest BCUT2D eigenvalue weighted by molar-refractivity contribution is 0.0838. The molecule has 138 valence electrons. The van der Waals surface area contributed by atoms with Gasteiger partial charge in [-0.25, -0.2) is 0 Å². The van der Waals surface area contributed by atoms with Crippen LogP contribution in [0.3, 0.4) is 0 Å². The van der Waals surface area contributed by atoms with E-state index in [4.69, 9.17) is 9.29 Å². The summed E-state index contributed by atoms with van der Waals surface area (Å²) in [6.45, 7) is 3.41. The average molecular weight is 360 g/mol. The second kappa shape index (κ2) is 10.1. The monoisotopic (exact) mass is 360 g/mol. The highest BCUT2D eigenvalue weighted by molar-refractivity contribution is 7.86. The van der Waals surface area contributed by atoms with Gasteiger partial charge in [0.2, 0.25) is 0 Å². The SMILES string of the molecule is Cc1ccc(S(=O)(=O)OCCC(O)CCC(O)CCC(C)O)cc1. The van der Waals surface area contributed by atoms with Crippen molar-refractivity contribution >= 4 is 10.1 Å². The van der Waals surface area contributed by atoms with Crippen molar-refractivity contribution in [2.75, 3.05) is 6.61 Å². The van der Waals surface area contributed by atoms with Crippen molar-refractivity contribution in [3.8, 4) is 0 Å². The van der Waals surface area contributed by atoms with Crippen molar-refractivity contribution in [3.63, 3.8) is 0 Å². The molecule has 0 heterocycles. The molecular formula is C17H28O6S. The molecule has 0 saturated heterocycles. The molecule has 3 atom stereocenters. The van der Waals surface area contributed by atoms with Gasteiger partial charge in [0.1, 0.15) is 0 Å². The molecule has 0 fully saturated rings. The normalized spacial score (nSPS) is 15.9. The van der Waals surface area contributed by atoms with Crippen LogP contribution < -0.4 is 0 Å². The Morgan fingerprint density at radius 3 is 1.96 bits per heavy atom. The van der Waals surface area contributed by atoms with Crippen LogP contribution in [0.5, 0.6) is 0 Å². The molecule has 0 aromatic heterocycles. The number of aliphatic hydroxyl groups excluding tert-OH is 3. The Balaban J connectivity index is 2.29. The third-order valence-electron chi connectivity index (χ3n) is 3.75. The molecule has 0 amide bonds. The fourth-order valence-corrected chi connectivity index (χ4v) is 3.10. The minimum atomic E-state index is -3.81. The van der Waals surface area contributed by atoms with Crippen LogP contribution in [-0.2, 0) is 14.3 Å². The third kappa shape index (κ3) is 8.21. The van der Waals surface area contributed by atoms with Crippen molar-refractivity contribution in [2.24, 2.45) is 0 Å². The van der Waals surface area contributed by atoms with Crippen molar-refractivity contribution in [3.05, 3.63) is 29.8 Å². The van der Waals surface area contributed by atoms with E-state index in [0.29, 0.717) is 25.7 Å². The Kier molecular flexibility index (Phi) is 8.86. The summed E-state index contributed by atoms with van der Waals surface area (Å²) in [6.07, 6.45) is 0.149. The number of hydrogen-bond acceptors (Lipinski definition) is 6. The van der Waals surface area contributed by atoms with E-state index in [2.05, 4.69) is 0 Å². The summed E-state index contributed by atoms with van der Waals surface area (Å²) in [7, 11) is -3.81. The number of benzene rings is 1. The number of aliphatic hydroxyl groups is 3. The van der Waals surface area contributed by atoms with Gasteiger partial charge in [-0.05, 0) is 58.1 Å². The molecule has 0 bridgehead atoms. The quantitative estimate of drug-likeness (QED) is 0.520. The molecule has 3 unspecified atom stereocenters. The van der Waals surface area contributed by atoms with Gasteiger partial charge in [-0.2, -0.15) is 8.42 Å². The molecule has 0 radical (unpaired) electrons. The molecule has 0 aliphatic rings. The highest BCUT2D eigenvalue weighted by atomic mass is 32.2. The summed E-state index contributed by atoms with van der Waals surface area (Å²) in [5, 5.41) is 28.7. The van der Waals surface area contributed by atoms with Gasteiger partial charge in [0, 0.05) is 0 Å². The van der Waals surface area contributed by atoms with E-state index in [1.807, 2.05) is 6.92 Å². The molecular weight excluding hydrogens is 332 g/mol. The van der Waals surface area contributed by atoms with Crippen LogP contribution in [-0.4, -0.2) is 48.7 Å². The Bertz CT molecular complexity index is 567. The van der Waals surface area contributed by atoms with E-state index < -0.39 is 28.4 Å². The Labute approximate surface area is 144 Å². The van der Waals surface area contributed by atoms with Gasteiger partial charge in [0.05, 0.1) is 29.8 Å². The van der Waals surface area contributed by atoms with Crippen LogP contribution in [0.15, 0.2) is 29.2 Å². The summed E-state index contributed by atoms with van der Waals surface area (Å²) >= 11 is 0. The second-order valence-electron chi connectivity index (χ2n) is 6.19. The fourth-order valence-electron chi connectivity index (χ4n) is 2.17. The van der Waals surface area contributed by atoms with Gasteiger partial charge in [0.15, 0.2) is 0 Å². The highest BCUT2D eigenvalue weighted by Gasteiger charge is 2.16. The molecule has 0 aliphatic carbocycles. The number of hydrogen-bond donors (Lipinski definition) is 3. The molecule has 1 aromatic carbocycles. The maximum atomic E-state index is 12.0. The fraction of sp³-hybridized carbons (Fsp3) is 0.647. The Hall–Kier alpha value is -0.990. The zero-order valence-corrected chi connectivity index (χ0v) is 15.1.